The van der Waals surface area contributed by atoms with Crippen molar-refractivity contribution in [3.8, 4) is 0 Å². The lowest BCUT2D eigenvalue weighted by Crippen LogP contribution is -2.40. The summed E-state index contributed by atoms with van der Waals surface area (Å²) in [5, 5.41) is 0. The average Bonchev–Trinajstić information content (AvgIpc) is 2.88. The quantitative estimate of drug-likeness (QED) is 0.427. The van der Waals surface area contributed by atoms with Gasteiger partial charge in [0.05, 0.1) is 5.92 Å². The molecular weight excluding hydrogens is 394 g/mol. The van der Waals surface area contributed by atoms with Crippen molar-refractivity contribution in [3.63, 3.8) is 0 Å². The largest absolute Gasteiger partial charge is 0.369 e. The zero-order valence-electron chi connectivity index (χ0n) is 18.9. The van der Waals surface area contributed by atoms with E-state index in [0.29, 0.717) is 5.92 Å². The number of nitrogens with zero attached hydrogens (tertiary/aromatic N) is 1. The summed E-state index contributed by atoms with van der Waals surface area (Å²) in [6, 6.07) is 31.0. The van der Waals surface area contributed by atoms with Gasteiger partial charge >= 0.3 is 0 Å². The van der Waals surface area contributed by atoms with Gasteiger partial charge in [-0.25, -0.2) is 0 Å². The first-order valence-corrected chi connectivity index (χ1v) is 11.8. The zero-order valence-corrected chi connectivity index (χ0v) is 18.9. The van der Waals surface area contributed by atoms with Gasteiger partial charge < -0.3 is 9.64 Å². The molecule has 1 unspecified atom stereocenters. The monoisotopic (exact) mass is 427 g/mol. The Morgan fingerprint density at radius 2 is 1.28 bits per heavy atom. The number of ether oxygens (including phenoxy) is 1. The third-order valence-corrected chi connectivity index (χ3v) is 6.61. The van der Waals surface area contributed by atoms with Crippen molar-refractivity contribution < 1.29 is 9.53 Å². The van der Waals surface area contributed by atoms with Crippen LogP contribution in [0.4, 0.5) is 0 Å². The molecule has 1 saturated heterocycles. The van der Waals surface area contributed by atoms with Gasteiger partial charge in [-0.2, -0.15) is 0 Å². The number of likely N-dealkylation sites (tertiary alicyclic amines) is 1. The molecule has 1 amide bonds. The Balaban J connectivity index is 1.27. The van der Waals surface area contributed by atoms with Crippen molar-refractivity contribution in [2.24, 2.45) is 5.92 Å². The van der Waals surface area contributed by atoms with Gasteiger partial charge in [0.25, 0.3) is 0 Å². The van der Waals surface area contributed by atoms with E-state index in [-0.39, 0.29) is 17.9 Å². The highest BCUT2D eigenvalue weighted by Crippen LogP contribution is 2.28. The van der Waals surface area contributed by atoms with Crippen LogP contribution in [0.15, 0.2) is 91.0 Å². The summed E-state index contributed by atoms with van der Waals surface area (Å²) in [6.07, 6.45) is 3.10. The molecule has 1 aliphatic rings. The summed E-state index contributed by atoms with van der Waals surface area (Å²) in [5.74, 6) is 0.783. The number of hydrogen-bond acceptors (Lipinski definition) is 2. The Labute approximate surface area is 192 Å². The molecule has 4 rings (SSSR count). The summed E-state index contributed by atoms with van der Waals surface area (Å²) in [4.78, 5) is 15.0. The first-order chi connectivity index (χ1) is 15.7. The van der Waals surface area contributed by atoms with Gasteiger partial charge in [0.15, 0.2) is 0 Å². The number of rotatable bonds is 8. The van der Waals surface area contributed by atoms with Crippen LogP contribution in [-0.2, 0) is 9.53 Å². The minimum Gasteiger partial charge on any atom is -0.369 e. The minimum atomic E-state index is -0.0754. The minimum absolute atomic E-state index is 0.0363. The average molecular weight is 428 g/mol. The maximum atomic E-state index is 12.9. The molecule has 0 aromatic heterocycles. The molecule has 0 N–H and O–H groups in total. The Bertz CT molecular complexity index is 911. The van der Waals surface area contributed by atoms with Crippen molar-refractivity contribution in [2.75, 3.05) is 19.7 Å². The molecule has 0 saturated carbocycles. The molecule has 3 aromatic carbocycles. The maximum absolute atomic E-state index is 12.9. The molecule has 1 atom stereocenters. The topological polar surface area (TPSA) is 29.5 Å². The van der Waals surface area contributed by atoms with Gasteiger partial charge in [-0.3, -0.25) is 4.79 Å². The van der Waals surface area contributed by atoms with Gasteiger partial charge in [0.2, 0.25) is 5.91 Å². The highest BCUT2D eigenvalue weighted by molar-refractivity contribution is 5.83. The van der Waals surface area contributed by atoms with Crippen LogP contribution in [0.2, 0.25) is 0 Å². The first-order valence-electron chi connectivity index (χ1n) is 11.8. The number of carbonyl (C=O) groups is 1. The van der Waals surface area contributed by atoms with E-state index in [1.165, 1.54) is 11.1 Å². The van der Waals surface area contributed by atoms with Crippen LogP contribution in [-0.4, -0.2) is 30.5 Å². The van der Waals surface area contributed by atoms with Crippen LogP contribution in [0.25, 0.3) is 0 Å². The molecule has 3 aromatic rings. The SMILES string of the molecule is CC(C(=O)N1CCC(CCOC(c2ccccc2)c2ccccc2)CC1)c1ccccc1. The lowest BCUT2D eigenvalue weighted by atomic mass is 9.92. The van der Waals surface area contributed by atoms with Gasteiger partial charge in [-0.15, -0.1) is 0 Å². The van der Waals surface area contributed by atoms with E-state index in [9.17, 15) is 4.79 Å². The standard InChI is InChI=1S/C29H33NO2/c1-23(25-11-5-2-6-12-25)29(31)30-20-17-24(18-21-30)19-22-32-28(26-13-7-3-8-14-26)27-15-9-4-10-16-27/h2-16,23-24,28H,17-22H2,1H3. The molecule has 3 nitrogen and oxygen atoms in total. The Hall–Kier alpha value is -2.91. The predicted molar refractivity (Wildman–Crippen MR) is 129 cm³/mol. The Morgan fingerprint density at radius 3 is 1.78 bits per heavy atom. The van der Waals surface area contributed by atoms with E-state index in [1.807, 2.05) is 54.3 Å². The van der Waals surface area contributed by atoms with Crippen molar-refractivity contribution >= 4 is 5.91 Å². The van der Waals surface area contributed by atoms with Gasteiger partial charge in [-0.1, -0.05) is 91.0 Å². The van der Waals surface area contributed by atoms with E-state index in [0.717, 1.165) is 44.5 Å². The molecule has 3 heteroatoms. The molecule has 0 aliphatic carbocycles. The van der Waals surface area contributed by atoms with Crippen molar-refractivity contribution in [1.82, 2.24) is 4.90 Å². The van der Waals surface area contributed by atoms with E-state index in [1.54, 1.807) is 0 Å². The normalized spacial score (nSPS) is 15.6. The molecule has 0 bridgehead atoms. The number of benzene rings is 3. The fourth-order valence-corrected chi connectivity index (χ4v) is 4.59. The zero-order chi connectivity index (χ0) is 22.2. The summed E-state index contributed by atoms with van der Waals surface area (Å²) >= 11 is 0. The second-order valence-corrected chi connectivity index (χ2v) is 8.76. The fourth-order valence-electron chi connectivity index (χ4n) is 4.59. The van der Waals surface area contributed by atoms with Crippen molar-refractivity contribution in [3.05, 3.63) is 108 Å². The van der Waals surface area contributed by atoms with Crippen LogP contribution in [0.3, 0.4) is 0 Å². The van der Waals surface area contributed by atoms with Crippen LogP contribution in [0.1, 0.15) is 54.9 Å². The summed E-state index contributed by atoms with van der Waals surface area (Å²) < 4.78 is 6.41. The maximum Gasteiger partial charge on any atom is 0.229 e. The third kappa shape index (κ3) is 5.66. The number of carbonyl (C=O) groups excluding carboxylic acids is 1. The molecule has 0 radical (unpaired) electrons. The predicted octanol–water partition coefficient (Wildman–Crippen LogP) is 6.23. The highest BCUT2D eigenvalue weighted by atomic mass is 16.5. The molecular formula is C29H33NO2. The van der Waals surface area contributed by atoms with Crippen LogP contribution < -0.4 is 0 Å². The van der Waals surface area contributed by atoms with Crippen LogP contribution >= 0.6 is 0 Å². The number of hydrogen-bond donors (Lipinski definition) is 0. The van der Waals surface area contributed by atoms with Crippen LogP contribution in [0, 0.1) is 5.92 Å². The van der Waals surface area contributed by atoms with Crippen molar-refractivity contribution in [2.45, 2.75) is 38.2 Å². The number of piperidine rings is 1. The molecule has 166 valence electrons. The van der Waals surface area contributed by atoms with Gasteiger partial charge in [-0.05, 0) is 48.8 Å². The Kier molecular flexibility index (Phi) is 7.73. The third-order valence-electron chi connectivity index (χ3n) is 6.61. The van der Waals surface area contributed by atoms with Crippen molar-refractivity contribution in [1.29, 1.82) is 0 Å². The Morgan fingerprint density at radius 1 is 0.812 bits per heavy atom. The second-order valence-electron chi connectivity index (χ2n) is 8.76. The molecule has 1 aliphatic heterocycles. The molecule has 1 heterocycles. The molecule has 32 heavy (non-hydrogen) atoms. The smallest absolute Gasteiger partial charge is 0.229 e. The van der Waals surface area contributed by atoms with E-state index in [2.05, 4.69) is 48.5 Å². The van der Waals surface area contributed by atoms with E-state index in [4.69, 9.17) is 4.74 Å². The lowest BCUT2D eigenvalue weighted by molar-refractivity contribution is -0.133. The summed E-state index contributed by atoms with van der Waals surface area (Å²) in [6.45, 7) is 4.45. The fraction of sp³-hybridized carbons (Fsp3) is 0.345. The molecule has 0 spiro atoms. The summed E-state index contributed by atoms with van der Waals surface area (Å²) in [7, 11) is 0. The number of amides is 1. The van der Waals surface area contributed by atoms with E-state index >= 15 is 0 Å². The first kappa shape index (κ1) is 22.3. The molecule has 1 fully saturated rings. The highest BCUT2D eigenvalue weighted by Gasteiger charge is 2.27. The van der Waals surface area contributed by atoms with Crippen LogP contribution in [0.5, 0.6) is 0 Å². The van der Waals surface area contributed by atoms with Gasteiger partial charge in [0.1, 0.15) is 6.10 Å². The second kappa shape index (κ2) is 11.1. The van der Waals surface area contributed by atoms with E-state index < -0.39 is 0 Å². The lowest BCUT2D eigenvalue weighted by Gasteiger charge is -2.34. The van der Waals surface area contributed by atoms with Gasteiger partial charge in [0, 0.05) is 19.7 Å². The summed E-state index contributed by atoms with van der Waals surface area (Å²) in [5.41, 5.74) is 3.48.